The Morgan fingerprint density at radius 2 is 1.07 bits per heavy atom. The number of halogens is 1. The van der Waals surface area contributed by atoms with Crippen LogP contribution in [0.4, 0.5) is 10.1 Å². The molecule has 3 fully saturated rings. The molecule has 0 aliphatic carbocycles. The summed E-state index contributed by atoms with van der Waals surface area (Å²) < 4.78 is 14.0. The van der Waals surface area contributed by atoms with Crippen LogP contribution in [0.15, 0.2) is 85.2 Å². The van der Waals surface area contributed by atoms with Crippen molar-refractivity contribution in [1.82, 2.24) is 30.6 Å². The van der Waals surface area contributed by atoms with Crippen molar-refractivity contribution in [3.63, 3.8) is 0 Å². The van der Waals surface area contributed by atoms with Crippen molar-refractivity contribution < 1.29 is 4.39 Å². The first-order valence-electron chi connectivity index (χ1n) is 16.0. The molecule has 0 bridgehead atoms. The van der Waals surface area contributed by atoms with Crippen LogP contribution in [0, 0.1) is 5.82 Å². The third-order valence-electron chi connectivity index (χ3n) is 9.67. The lowest BCUT2D eigenvalue weighted by Crippen LogP contribution is -2.26. The first kappa shape index (κ1) is 27.3. The van der Waals surface area contributed by atoms with E-state index >= 15 is 0 Å². The van der Waals surface area contributed by atoms with E-state index in [1.54, 1.807) is 12.1 Å². The van der Waals surface area contributed by atoms with Gasteiger partial charge in [-0.3, -0.25) is 0 Å². The topological polar surface area (TPSA) is 84.7 Å². The zero-order valence-corrected chi connectivity index (χ0v) is 24.8. The Hall–Kier alpha value is -4.27. The molecule has 3 aliphatic heterocycles. The van der Waals surface area contributed by atoms with E-state index in [1.165, 1.54) is 24.0 Å². The van der Waals surface area contributed by atoms with Crippen LogP contribution in [0.1, 0.15) is 85.5 Å². The fraction of sp³-hybridized carbons (Fsp3) is 0.333. The summed E-state index contributed by atoms with van der Waals surface area (Å²) in [6, 6.07) is 25.6. The van der Waals surface area contributed by atoms with Gasteiger partial charge in [-0.1, -0.05) is 48.5 Å². The summed E-state index contributed by atoms with van der Waals surface area (Å²) in [6.45, 7) is 2.10. The van der Waals surface area contributed by atoms with Gasteiger partial charge in [0, 0.05) is 29.2 Å². The van der Waals surface area contributed by atoms with E-state index in [9.17, 15) is 4.39 Å². The normalized spacial score (nSPS) is 23.5. The largest absolute Gasteiger partial charge is 0.357 e. The van der Waals surface area contributed by atoms with Gasteiger partial charge < -0.3 is 25.5 Å². The number of nitrogens with one attached hydrogen (secondary N) is 4. The molecule has 44 heavy (non-hydrogen) atoms. The third kappa shape index (κ3) is 5.22. The van der Waals surface area contributed by atoms with Gasteiger partial charge in [0.2, 0.25) is 0 Å². The maximum atomic E-state index is 14.0. The maximum Gasteiger partial charge on any atom is 0.124 e. The highest BCUT2D eigenvalue weighted by Gasteiger charge is 2.35. The van der Waals surface area contributed by atoms with E-state index in [2.05, 4.69) is 74.0 Å². The van der Waals surface area contributed by atoms with Gasteiger partial charge in [-0.15, -0.1) is 0 Å². The molecule has 0 saturated carbocycles. The summed E-state index contributed by atoms with van der Waals surface area (Å²) in [5, 5.41) is 7.04. The Morgan fingerprint density at radius 3 is 1.50 bits per heavy atom. The molecule has 5 aromatic rings. The van der Waals surface area contributed by atoms with Gasteiger partial charge in [0.25, 0.3) is 0 Å². The standard InChI is InChI=1S/C36H38FN7/c37-27-13-15-28(16-14-27)44-33(25-9-5-23(6-10-25)31-21-40-35(42-31)29-3-1-19-38-29)17-18-34(44)26-11-7-24(8-12-26)32-22-41-36(43-32)30-4-2-20-39-30/h5-16,21-22,29-30,33-34,38-39H,1-4,17-20H2,(H,40,42)(H,41,43)/t29-,30-,33-,34+/m0/s1. The van der Waals surface area contributed by atoms with Crippen molar-refractivity contribution in [3.05, 3.63) is 114 Å². The quantitative estimate of drug-likeness (QED) is 0.158. The third-order valence-corrected chi connectivity index (χ3v) is 9.67. The summed E-state index contributed by atoms with van der Waals surface area (Å²) in [6.07, 6.45) is 10.7. The summed E-state index contributed by atoms with van der Waals surface area (Å²) in [5.74, 6) is 1.83. The average Bonchev–Trinajstić information content (AvgIpc) is 3.91. The number of aromatic amines is 2. The number of nitrogens with zero attached hydrogens (tertiary/aromatic N) is 3. The van der Waals surface area contributed by atoms with Crippen LogP contribution in [0.3, 0.4) is 0 Å². The Bertz CT molecular complexity index is 1590. The van der Waals surface area contributed by atoms with Gasteiger partial charge in [-0.25, -0.2) is 14.4 Å². The molecule has 3 aliphatic rings. The van der Waals surface area contributed by atoms with Crippen LogP contribution in [0.25, 0.3) is 22.5 Å². The van der Waals surface area contributed by atoms with E-state index in [1.807, 2.05) is 24.5 Å². The molecule has 8 heteroatoms. The number of hydrogen-bond acceptors (Lipinski definition) is 5. The minimum Gasteiger partial charge on any atom is -0.357 e. The van der Waals surface area contributed by atoms with Crippen molar-refractivity contribution in [2.24, 2.45) is 0 Å². The van der Waals surface area contributed by atoms with Crippen LogP contribution in [0.2, 0.25) is 0 Å². The Balaban J connectivity index is 1.05. The lowest BCUT2D eigenvalue weighted by Gasteiger charge is -2.33. The van der Waals surface area contributed by atoms with Crippen LogP contribution in [-0.4, -0.2) is 33.0 Å². The highest BCUT2D eigenvalue weighted by molar-refractivity contribution is 5.62. The van der Waals surface area contributed by atoms with Crippen LogP contribution in [0.5, 0.6) is 0 Å². The van der Waals surface area contributed by atoms with Crippen LogP contribution < -0.4 is 15.5 Å². The second-order valence-corrected chi connectivity index (χ2v) is 12.4. The predicted octanol–water partition coefficient (Wildman–Crippen LogP) is 7.54. The predicted molar refractivity (Wildman–Crippen MR) is 172 cm³/mol. The van der Waals surface area contributed by atoms with Gasteiger partial charge in [-0.05, 0) is 87.0 Å². The molecule has 3 saturated heterocycles. The highest BCUT2D eigenvalue weighted by atomic mass is 19.1. The Labute approximate surface area is 257 Å². The van der Waals surface area contributed by atoms with Gasteiger partial charge in [0.15, 0.2) is 0 Å². The summed E-state index contributed by atoms with van der Waals surface area (Å²) in [4.78, 5) is 19.0. The van der Waals surface area contributed by atoms with Crippen molar-refractivity contribution in [1.29, 1.82) is 0 Å². The molecule has 2 aromatic heterocycles. The van der Waals surface area contributed by atoms with Crippen LogP contribution >= 0.6 is 0 Å². The van der Waals surface area contributed by atoms with Gasteiger partial charge >= 0.3 is 0 Å². The van der Waals surface area contributed by atoms with Gasteiger partial charge in [-0.2, -0.15) is 0 Å². The Morgan fingerprint density at radius 1 is 0.591 bits per heavy atom. The summed E-state index contributed by atoms with van der Waals surface area (Å²) >= 11 is 0. The molecule has 8 rings (SSSR count). The first-order chi connectivity index (χ1) is 21.7. The smallest absolute Gasteiger partial charge is 0.124 e. The van der Waals surface area contributed by atoms with Gasteiger partial charge in [0.1, 0.15) is 17.5 Å². The molecule has 7 nitrogen and oxygen atoms in total. The average molecular weight is 588 g/mol. The number of H-pyrrole nitrogens is 2. The second-order valence-electron chi connectivity index (χ2n) is 12.4. The minimum absolute atomic E-state index is 0.185. The van der Waals surface area contributed by atoms with E-state index in [0.717, 1.165) is 78.6 Å². The fourth-order valence-corrected chi connectivity index (χ4v) is 7.35. The lowest BCUT2D eigenvalue weighted by atomic mass is 10.0. The molecule has 0 spiro atoms. The van der Waals surface area contributed by atoms with E-state index in [-0.39, 0.29) is 17.9 Å². The molecule has 0 unspecified atom stereocenters. The van der Waals surface area contributed by atoms with Crippen molar-refractivity contribution in [3.8, 4) is 22.5 Å². The number of imidazole rings is 2. The molecule has 0 radical (unpaired) electrons. The first-order valence-corrected chi connectivity index (χ1v) is 16.0. The molecule has 0 amide bonds. The van der Waals surface area contributed by atoms with E-state index in [4.69, 9.17) is 9.97 Å². The molecule has 4 N–H and O–H groups in total. The van der Waals surface area contributed by atoms with E-state index in [0.29, 0.717) is 12.1 Å². The number of hydrogen-bond donors (Lipinski definition) is 4. The monoisotopic (exact) mass is 587 g/mol. The zero-order chi connectivity index (χ0) is 29.5. The summed E-state index contributed by atoms with van der Waals surface area (Å²) in [7, 11) is 0. The fourth-order valence-electron chi connectivity index (χ4n) is 7.35. The van der Waals surface area contributed by atoms with Crippen molar-refractivity contribution in [2.45, 2.75) is 62.7 Å². The Kier molecular flexibility index (Phi) is 7.24. The number of benzene rings is 3. The number of anilines is 1. The van der Waals surface area contributed by atoms with Crippen LogP contribution in [-0.2, 0) is 0 Å². The maximum absolute atomic E-state index is 14.0. The molecular formula is C36H38FN7. The lowest BCUT2D eigenvalue weighted by molar-refractivity contribution is 0.613. The van der Waals surface area contributed by atoms with Crippen molar-refractivity contribution >= 4 is 5.69 Å². The molecular weight excluding hydrogens is 549 g/mol. The minimum atomic E-state index is -0.216. The van der Waals surface area contributed by atoms with E-state index < -0.39 is 0 Å². The van der Waals surface area contributed by atoms with Gasteiger partial charge in [0.05, 0.1) is 35.6 Å². The highest BCUT2D eigenvalue weighted by Crippen LogP contribution is 2.47. The second kappa shape index (κ2) is 11.7. The number of aromatic nitrogens is 4. The molecule has 4 atom stereocenters. The molecule has 5 heterocycles. The number of rotatable bonds is 7. The SMILES string of the molecule is Fc1ccc(N2[C@@H](c3ccc(-c4c[nH]c([C@@H]5CCCN5)n4)cc3)CC[C@H]2c2ccc(-c3c[nH]c([C@@H]4CCCN4)n3)cc2)cc1. The molecule has 3 aromatic carbocycles. The van der Waals surface area contributed by atoms with Crippen molar-refractivity contribution in [2.75, 3.05) is 18.0 Å². The molecule has 224 valence electrons. The zero-order valence-electron chi connectivity index (χ0n) is 24.8. The summed E-state index contributed by atoms with van der Waals surface area (Å²) in [5.41, 5.74) is 7.72.